The summed E-state index contributed by atoms with van der Waals surface area (Å²) in [6.07, 6.45) is 1.40. The van der Waals surface area contributed by atoms with Gasteiger partial charge in [0.05, 0.1) is 12.5 Å². The Balaban J connectivity index is 2.01. The van der Waals surface area contributed by atoms with E-state index in [1.807, 2.05) is 0 Å². The average molecular weight is 196 g/mol. The van der Waals surface area contributed by atoms with Gasteiger partial charge in [-0.1, -0.05) is 13.8 Å². The van der Waals surface area contributed by atoms with E-state index in [1.54, 1.807) is 0 Å². The minimum Gasteiger partial charge on any atom is -0.461 e. The van der Waals surface area contributed by atoms with Crippen LogP contribution in [0, 0.1) is 23.2 Å². The van der Waals surface area contributed by atoms with E-state index >= 15 is 0 Å². The molecule has 0 aromatic rings. The molecule has 0 aromatic heterocycles. The minimum absolute atomic E-state index is 0.0755. The number of carbonyl (C=O) groups is 1. The molecule has 1 N–H and O–H groups in total. The summed E-state index contributed by atoms with van der Waals surface area (Å²) >= 11 is 0. The number of esters is 1. The number of fused-ring (bicyclic) bond motifs is 5. The number of ether oxygens (including phenoxy) is 1. The Morgan fingerprint density at radius 1 is 1.57 bits per heavy atom. The first kappa shape index (κ1) is 8.72. The molecule has 78 valence electrons. The van der Waals surface area contributed by atoms with Crippen molar-refractivity contribution in [1.82, 2.24) is 0 Å². The van der Waals surface area contributed by atoms with Gasteiger partial charge in [0.25, 0.3) is 0 Å². The molecule has 2 aliphatic carbocycles. The van der Waals surface area contributed by atoms with Crippen LogP contribution in [0.2, 0.25) is 0 Å². The monoisotopic (exact) mass is 196 g/mol. The number of hydrogen-bond acceptors (Lipinski definition) is 3. The van der Waals surface area contributed by atoms with Crippen LogP contribution in [-0.2, 0) is 9.53 Å². The van der Waals surface area contributed by atoms with Crippen molar-refractivity contribution in [3.05, 3.63) is 0 Å². The molecule has 0 radical (unpaired) electrons. The highest BCUT2D eigenvalue weighted by molar-refractivity contribution is 5.73. The minimum atomic E-state index is -0.226. The average Bonchev–Trinajstić information content (AvgIpc) is 2.62. The van der Waals surface area contributed by atoms with Crippen molar-refractivity contribution in [1.29, 1.82) is 0 Å². The molecule has 1 saturated heterocycles. The molecule has 6 unspecified atom stereocenters. The van der Waals surface area contributed by atoms with Crippen molar-refractivity contribution < 1.29 is 14.6 Å². The van der Waals surface area contributed by atoms with E-state index in [2.05, 4.69) is 13.8 Å². The van der Waals surface area contributed by atoms with E-state index in [0.29, 0.717) is 18.3 Å². The molecule has 3 fully saturated rings. The SMILES string of the molecule is CC1C(O)C2CC1C1OC(=O)CC21C. The maximum Gasteiger partial charge on any atom is 0.306 e. The molecule has 0 aromatic carbocycles. The van der Waals surface area contributed by atoms with E-state index in [4.69, 9.17) is 4.74 Å². The summed E-state index contributed by atoms with van der Waals surface area (Å²) in [5.74, 6) is 0.892. The van der Waals surface area contributed by atoms with Crippen LogP contribution in [0.25, 0.3) is 0 Å². The quantitative estimate of drug-likeness (QED) is 0.587. The Morgan fingerprint density at radius 3 is 3.00 bits per heavy atom. The Kier molecular flexibility index (Phi) is 1.45. The second-order valence-corrected chi connectivity index (χ2v) is 5.45. The van der Waals surface area contributed by atoms with E-state index in [9.17, 15) is 9.90 Å². The maximum absolute atomic E-state index is 11.3. The van der Waals surface area contributed by atoms with Crippen molar-refractivity contribution >= 4 is 5.97 Å². The van der Waals surface area contributed by atoms with E-state index < -0.39 is 0 Å². The van der Waals surface area contributed by atoms with Crippen molar-refractivity contribution in [3.63, 3.8) is 0 Å². The third-order valence-corrected chi connectivity index (χ3v) is 4.82. The molecule has 1 aliphatic heterocycles. The molecular weight excluding hydrogens is 180 g/mol. The summed E-state index contributed by atoms with van der Waals surface area (Å²) in [7, 11) is 0. The molecule has 3 aliphatic rings. The number of hydrogen-bond donors (Lipinski definition) is 1. The molecule has 0 spiro atoms. The zero-order chi connectivity index (χ0) is 10.1. The largest absolute Gasteiger partial charge is 0.461 e. The highest BCUT2D eigenvalue weighted by Crippen LogP contribution is 2.63. The Hall–Kier alpha value is -0.570. The highest BCUT2D eigenvalue weighted by Gasteiger charge is 2.67. The molecule has 1 heterocycles. The van der Waals surface area contributed by atoms with Gasteiger partial charge in [-0.25, -0.2) is 0 Å². The normalized spacial score (nSPS) is 60.2. The van der Waals surface area contributed by atoms with Crippen LogP contribution < -0.4 is 0 Å². The summed E-state index contributed by atoms with van der Waals surface area (Å²) in [5.41, 5.74) is -0.0757. The molecule has 3 rings (SSSR count). The van der Waals surface area contributed by atoms with Crippen LogP contribution >= 0.6 is 0 Å². The van der Waals surface area contributed by atoms with Crippen molar-refractivity contribution in [2.75, 3.05) is 0 Å². The highest BCUT2D eigenvalue weighted by atomic mass is 16.6. The lowest BCUT2D eigenvalue weighted by Crippen LogP contribution is -2.44. The summed E-state index contributed by atoms with van der Waals surface area (Å²) < 4.78 is 5.39. The summed E-state index contributed by atoms with van der Waals surface area (Å²) in [6, 6.07) is 0. The zero-order valence-corrected chi connectivity index (χ0v) is 8.56. The first-order chi connectivity index (χ1) is 6.54. The van der Waals surface area contributed by atoms with Crippen LogP contribution in [0.15, 0.2) is 0 Å². The van der Waals surface area contributed by atoms with Gasteiger partial charge in [0.1, 0.15) is 6.10 Å². The van der Waals surface area contributed by atoms with Crippen LogP contribution in [0.1, 0.15) is 26.7 Å². The van der Waals surface area contributed by atoms with Crippen molar-refractivity contribution in [2.45, 2.75) is 38.9 Å². The van der Waals surface area contributed by atoms with Gasteiger partial charge < -0.3 is 9.84 Å². The predicted molar refractivity (Wildman–Crippen MR) is 49.4 cm³/mol. The fourth-order valence-electron chi connectivity index (χ4n) is 3.97. The number of aliphatic hydroxyl groups excluding tert-OH is 1. The topological polar surface area (TPSA) is 46.5 Å². The number of rotatable bonds is 0. The molecule has 0 amide bonds. The second-order valence-electron chi connectivity index (χ2n) is 5.45. The van der Waals surface area contributed by atoms with E-state index in [0.717, 1.165) is 6.42 Å². The third-order valence-electron chi connectivity index (χ3n) is 4.82. The fraction of sp³-hybridized carbons (Fsp3) is 0.909. The predicted octanol–water partition coefficient (Wildman–Crippen LogP) is 0.955. The lowest BCUT2D eigenvalue weighted by Gasteiger charge is -2.39. The van der Waals surface area contributed by atoms with Gasteiger partial charge in [0.15, 0.2) is 0 Å². The van der Waals surface area contributed by atoms with Gasteiger partial charge in [-0.15, -0.1) is 0 Å². The lowest BCUT2D eigenvalue weighted by atomic mass is 9.68. The van der Waals surface area contributed by atoms with Gasteiger partial charge in [-0.3, -0.25) is 4.79 Å². The Bertz CT molecular complexity index is 301. The fourth-order valence-corrected chi connectivity index (χ4v) is 3.97. The standard InChI is InChI=1S/C11H16O3/c1-5-6-3-7(9(5)13)11(2)4-8(12)14-10(6)11/h5-7,9-10,13H,3-4H2,1-2H3. The van der Waals surface area contributed by atoms with Gasteiger partial charge in [-0.2, -0.15) is 0 Å². The number of aliphatic hydroxyl groups is 1. The van der Waals surface area contributed by atoms with Gasteiger partial charge in [-0.05, 0) is 18.3 Å². The number of carbonyl (C=O) groups excluding carboxylic acids is 1. The van der Waals surface area contributed by atoms with Crippen LogP contribution in [0.4, 0.5) is 0 Å². The van der Waals surface area contributed by atoms with Gasteiger partial charge in [0, 0.05) is 11.3 Å². The van der Waals surface area contributed by atoms with Crippen molar-refractivity contribution in [3.8, 4) is 0 Å². The lowest BCUT2D eigenvalue weighted by molar-refractivity contribution is -0.145. The summed E-state index contributed by atoms with van der Waals surface area (Å²) in [6.45, 7) is 4.17. The van der Waals surface area contributed by atoms with Gasteiger partial charge >= 0.3 is 5.97 Å². The van der Waals surface area contributed by atoms with Crippen LogP contribution in [-0.4, -0.2) is 23.3 Å². The summed E-state index contributed by atoms with van der Waals surface area (Å²) in [4.78, 5) is 11.3. The molecule has 3 heteroatoms. The maximum atomic E-state index is 11.3. The third kappa shape index (κ3) is 0.761. The molecule has 3 nitrogen and oxygen atoms in total. The zero-order valence-electron chi connectivity index (χ0n) is 8.56. The summed E-state index contributed by atoms with van der Waals surface area (Å²) in [5, 5.41) is 10.0. The van der Waals surface area contributed by atoms with Gasteiger partial charge in [0.2, 0.25) is 0 Å². The first-order valence-electron chi connectivity index (χ1n) is 5.41. The van der Waals surface area contributed by atoms with Crippen LogP contribution in [0.5, 0.6) is 0 Å². The Morgan fingerprint density at radius 2 is 2.29 bits per heavy atom. The van der Waals surface area contributed by atoms with E-state index in [1.165, 1.54) is 0 Å². The molecule has 2 saturated carbocycles. The second kappa shape index (κ2) is 2.32. The molecular formula is C11H16O3. The first-order valence-corrected chi connectivity index (χ1v) is 5.41. The Labute approximate surface area is 83.4 Å². The molecule has 2 bridgehead atoms. The van der Waals surface area contributed by atoms with Crippen LogP contribution in [0.3, 0.4) is 0 Å². The van der Waals surface area contributed by atoms with Crippen molar-refractivity contribution in [2.24, 2.45) is 23.2 Å². The smallest absolute Gasteiger partial charge is 0.306 e. The molecule has 14 heavy (non-hydrogen) atoms. The van der Waals surface area contributed by atoms with E-state index in [-0.39, 0.29) is 29.5 Å². The molecule has 6 atom stereocenters.